The molecule has 0 N–H and O–H groups in total. The van der Waals surface area contributed by atoms with Crippen LogP contribution in [0.25, 0.3) is 5.57 Å². The zero-order valence-corrected chi connectivity index (χ0v) is 15.3. The van der Waals surface area contributed by atoms with Crippen molar-refractivity contribution >= 4 is 17.3 Å². The van der Waals surface area contributed by atoms with E-state index in [9.17, 15) is 14.0 Å². The van der Waals surface area contributed by atoms with Crippen LogP contribution >= 0.6 is 0 Å². The Morgan fingerprint density at radius 2 is 1.96 bits per heavy atom. The van der Waals surface area contributed by atoms with Crippen molar-refractivity contribution in [3.05, 3.63) is 71.6 Å². The minimum Gasteiger partial charge on any atom is -0.497 e. The third kappa shape index (κ3) is 4.08. The third-order valence-electron chi connectivity index (χ3n) is 4.72. The molecule has 1 aliphatic rings. The van der Waals surface area contributed by atoms with Gasteiger partial charge in [0.2, 0.25) is 0 Å². The van der Waals surface area contributed by atoms with Crippen LogP contribution in [0.4, 0.5) is 4.39 Å². The number of halogens is 1. The van der Waals surface area contributed by atoms with Crippen LogP contribution in [0.15, 0.2) is 54.6 Å². The molecule has 140 valence electrons. The molecule has 27 heavy (non-hydrogen) atoms. The molecule has 0 aliphatic heterocycles. The van der Waals surface area contributed by atoms with Gasteiger partial charge in [-0.05, 0) is 60.4 Å². The standard InChI is InChI=1S/C22H21FO4/c1-3-27-22(25)21-19(15-7-4-8-17(23)10-15)12-16(13-20(21)24)14-6-5-9-18(11-14)26-2/h4-11,13,19,21H,3,12H2,1-2H3/t19-,21+/m0/s1. The van der Waals surface area contributed by atoms with Gasteiger partial charge in [0.05, 0.1) is 13.7 Å². The minimum absolute atomic E-state index is 0.185. The molecule has 0 spiro atoms. The molecule has 2 aromatic rings. The average Bonchev–Trinajstić information content (AvgIpc) is 2.67. The molecular weight excluding hydrogens is 347 g/mol. The van der Waals surface area contributed by atoms with Crippen molar-refractivity contribution in [3.8, 4) is 5.75 Å². The quantitative estimate of drug-likeness (QED) is 0.588. The topological polar surface area (TPSA) is 52.6 Å². The summed E-state index contributed by atoms with van der Waals surface area (Å²) in [5.74, 6) is -2.08. The molecule has 0 saturated heterocycles. The maximum atomic E-state index is 13.8. The van der Waals surface area contributed by atoms with Gasteiger partial charge in [-0.2, -0.15) is 0 Å². The normalized spacial score (nSPS) is 19.4. The van der Waals surface area contributed by atoms with Crippen LogP contribution in [0.5, 0.6) is 5.75 Å². The Kier molecular flexibility index (Phi) is 5.69. The molecule has 2 aromatic carbocycles. The second kappa shape index (κ2) is 8.16. The number of carbonyl (C=O) groups is 2. The lowest BCUT2D eigenvalue weighted by molar-refractivity contribution is -0.151. The van der Waals surface area contributed by atoms with E-state index < -0.39 is 23.6 Å². The number of ketones is 1. The molecule has 2 atom stereocenters. The molecule has 0 bridgehead atoms. The van der Waals surface area contributed by atoms with E-state index in [0.717, 1.165) is 11.1 Å². The van der Waals surface area contributed by atoms with Crippen molar-refractivity contribution in [2.45, 2.75) is 19.3 Å². The number of rotatable bonds is 5. The highest BCUT2D eigenvalue weighted by Crippen LogP contribution is 2.40. The number of carbonyl (C=O) groups excluding carboxylic acids is 2. The van der Waals surface area contributed by atoms with Crippen LogP contribution in [-0.4, -0.2) is 25.5 Å². The van der Waals surface area contributed by atoms with E-state index >= 15 is 0 Å². The van der Waals surface area contributed by atoms with Gasteiger partial charge >= 0.3 is 5.97 Å². The summed E-state index contributed by atoms with van der Waals surface area (Å²) in [6.45, 7) is 1.88. The van der Waals surface area contributed by atoms with Gasteiger partial charge in [0.15, 0.2) is 5.78 Å². The zero-order valence-electron chi connectivity index (χ0n) is 15.3. The minimum atomic E-state index is -0.971. The SMILES string of the molecule is CCOC(=O)[C@H]1C(=O)C=C(c2cccc(OC)c2)C[C@H]1c1cccc(F)c1. The van der Waals surface area contributed by atoms with E-state index in [1.54, 1.807) is 26.2 Å². The second-order valence-electron chi connectivity index (χ2n) is 6.40. The van der Waals surface area contributed by atoms with Crippen molar-refractivity contribution in [1.29, 1.82) is 0 Å². The molecular formula is C22H21FO4. The Morgan fingerprint density at radius 3 is 2.67 bits per heavy atom. The molecule has 5 heteroatoms. The number of ether oxygens (including phenoxy) is 2. The highest BCUT2D eigenvalue weighted by Gasteiger charge is 2.39. The molecule has 0 unspecified atom stereocenters. The van der Waals surface area contributed by atoms with Gasteiger partial charge in [0.25, 0.3) is 0 Å². The maximum Gasteiger partial charge on any atom is 0.317 e. The largest absolute Gasteiger partial charge is 0.497 e. The van der Waals surface area contributed by atoms with E-state index in [0.29, 0.717) is 17.7 Å². The fourth-order valence-corrected chi connectivity index (χ4v) is 3.46. The number of benzene rings is 2. The molecule has 0 saturated carbocycles. The lowest BCUT2D eigenvalue weighted by atomic mass is 9.73. The molecule has 0 aromatic heterocycles. The highest BCUT2D eigenvalue weighted by atomic mass is 19.1. The predicted molar refractivity (Wildman–Crippen MR) is 99.9 cm³/mol. The van der Waals surface area contributed by atoms with Gasteiger partial charge in [-0.25, -0.2) is 4.39 Å². The van der Waals surface area contributed by atoms with Gasteiger partial charge in [-0.1, -0.05) is 24.3 Å². The molecule has 0 amide bonds. The fraction of sp³-hybridized carbons (Fsp3) is 0.273. The van der Waals surface area contributed by atoms with Crippen LogP contribution in [0, 0.1) is 11.7 Å². The first-order valence-electron chi connectivity index (χ1n) is 8.84. The number of hydrogen-bond acceptors (Lipinski definition) is 4. The summed E-state index contributed by atoms with van der Waals surface area (Å²) in [4.78, 5) is 25.2. The fourth-order valence-electron chi connectivity index (χ4n) is 3.46. The van der Waals surface area contributed by atoms with Crippen molar-refractivity contribution in [1.82, 2.24) is 0 Å². The molecule has 0 heterocycles. The Labute approximate surface area is 157 Å². The first-order chi connectivity index (χ1) is 13.0. The summed E-state index contributed by atoms with van der Waals surface area (Å²) in [5, 5.41) is 0. The Hall–Kier alpha value is -2.95. The number of hydrogen-bond donors (Lipinski definition) is 0. The van der Waals surface area contributed by atoms with E-state index in [4.69, 9.17) is 9.47 Å². The smallest absolute Gasteiger partial charge is 0.317 e. The summed E-state index contributed by atoms with van der Waals surface area (Å²) >= 11 is 0. The molecule has 1 aliphatic carbocycles. The summed E-state index contributed by atoms with van der Waals surface area (Å²) < 4.78 is 24.1. The summed E-state index contributed by atoms with van der Waals surface area (Å²) in [6, 6.07) is 13.4. The Morgan fingerprint density at radius 1 is 1.19 bits per heavy atom. The highest BCUT2D eigenvalue weighted by molar-refractivity contribution is 6.10. The first kappa shape index (κ1) is 18.8. The zero-order chi connectivity index (χ0) is 19.4. The number of esters is 1. The van der Waals surface area contributed by atoms with Gasteiger partial charge in [-0.15, -0.1) is 0 Å². The second-order valence-corrected chi connectivity index (χ2v) is 6.40. The maximum absolute atomic E-state index is 13.8. The van der Waals surface area contributed by atoms with Gasteiger partial charge < -0.3 is 9.47 Å². The van der Waals surface area contributed by atoms with Crippen LogP contribution in [-0.2, 0) is 14.3 Å². The van der Waals surface area contributed by atoms with Crippen molar-refractivity contribution in [2.24, 2.45) is 5.92 Å². The van der Waals surface area contributed by atoms with Gasteiger partial charge in [0, 0.05) is 5.92 Å². The number of methoxy groups -OCH3 is 1. The van der Waals surface area contributed by atoms with E-state index in [1.807, 2.05) is 24.3 Å². The van der Waals surface area contributed by atoms with Crippen LogP contribution < -0.4 is 4.74 Å². The van der Waals surface area contributed by atoms with E-state index in [-0.39, 0.29) is 12.4 Å². The van der Waals surface area contributed by atoms with Crippen molar-refractivity contribution in [3.63, 3.8) is 0 Å². The van der Waals surface area contributed by atoms with Crippen LogP contribution in [0.2, 0.25) is 0 Å². The predicted octanol–water partition coefficient (Wildman–Crippen LogP) is 4.15. The van der Waals surface area contributed by atoms with Crippen molar-refractivity contribution < 1.29 is 23.5 Å². The lowest BCUT2D eigenvalue weighted by Crippen LogP contribution is -2.34. The van der Waals surface area contributed by atoms with Gasteiger partial charge in [0.1, 0.15) is 17.5 Å². The summed E-state index contributed by atoms with van der Waals surface area (Å²) in [5.41, 5.74) is 2.23. The van der Waals surface area contributed by atoms with Crippen LogP contribution in [0.1, 0.15) is 30.4 Å². The molecule has 0 fully saturated rings. The van der Waals surface area contributed by atoms with Crippen molar-refractivity contribution in [2.75, 3.05) is 13.7 Å². The molecule has 0 radical (unpaired) electrons. The first-order valence-corrected chi connectivity index (χ1v) is 8.84. The van der Waals surface area contributed by atoms with E-state index in [1.165, 1.54) is 18.2 Å². The monoisotopic (exact) mass is 368 g/mol. The molecule has 4 nitrogen and oxygen atoms in total. The average molecular weight is 368 g/mol. The lowest BCUT2D eigenvalue weighted by Gasteiger charge is -2.29. The summed E-state index contributed by atoms with van der Waals surface area (Å²) in [7, 11) is 1.58. The summed E-state index contributed by atoms with van der Waals surface area (Å²) in [6.07, 6.45) is 1.91. The Bertz CT molecular complexity index is 887. The Balaban J connectivity index is 2.03. The van der Waals surface area contributed by atoms with Gasteiger partial charge in [-0.3, -0.25) is 9.59 Å². The van der Waals surface area contributed by atoms with Crippen LogP contribution in [0.3, 0.4) is 0 Å². The molecule has 3 rings (SSSR count). The van der Waals surface area contributed by atoms with E-state index in [2.05, 4.69) is 0 Å². The third-order valence-corrected chi connectivity index (χ3v) is 4.72. The number of allylic oxidation sites excluding steroid dienone is 2.